The van der Waals surface area contributed by atoms with E-state index in [0.717, 1.165) is 11.1 Å². The van der Waals surface area contributed by atoms with Gasteiger partial charge in [0, 0.05) is 27.2 Å². The lowest BCUT2D eigenvalue weighted by Crippen LogP contribution is -2.21. The van der Waals surface area contributed by atoms with E-state index in [-0.39, 0.29) is 23.8 Å². The molecule has 0 fully saturated rings. The van der Waals surface area contributed by atoms with Crippen LogP contribution in [-0.4, -0.2) is 11.7 Å². The molecule has 0 aromatic heterocycles. The van der Waals surface area contributed by atoms with Crippen LogP contribution in [-0.2, 0) is 6.61 Å². The van der Waals surface area contributed by atoms with Crippen molar-refractivity contribution in [3.63, 3.8) is 0 Å². The Morgan fingerprint density at radius 2 is 1.94 bits per heavy atom. The molecule has 4 rings (SSSR count). The Morgan fingerprint density at radius 1 is 1.15 bits per heavy atom. The Bertz CT molecular complexity index is 1340. The van der Waals surface area contributed by atoms with Crippen LogP contribution in [0.25, 0.3) is 0 Å². The average molecular weight is 562 g/mol. The van der Waals surface area contributed by atoms with Gasteiger partial charge in [0.05, 0.1) is 17.0 Å². The van der Waals surface area contributed by atoms with Crippen LogP contribution in [0.2, 0.25) is 10.0 Å². The quantitative estimate of drug-likeness (QED) is 0.349. The predicted molar refractivity (Wildman–Crippen MR) is 134 cm³/mol. The van der Waals surface area contributed by atoms with E-state index in [2.05, 4.69) is 22.0 Å². The van der Waals surface area contributed by atoms with Gasteiger partial charge in [-0.2, -0.15) is 5.26 Å². The lowest BCUT2D eigenvalue weighted by atomic mass is 9.83. The standard InChI is InChI=1S/C25H19BrCl2N2O4/c1-2-32-22-8-14(7-19(26)24(22)33-12-13-3-4-15(27)9-20(13)28)23-17-6-5-16(31)10-21(17)34-25(30)18(23)11-29/h3-10,23,31H,2,12,30H2,1H3/t23-/m0/s1. The molecule has 0 unspecified atom stereocenters. The number of rotatable bonds is 6. The lowest BCUT2D eigenvalue weighted by molar-refractivity contribution is 0.267. The van der Waals surface area contributed by atoms with Crippen LogP contribution in [0, 0.1) is 11.3 Å². The normalized spacial score (nSPS) is 14.7. The van der Waals surface area contributed by atoms with E-state index in [4.69, 9.17) is 43.1 Å². The van der Waals surface area contributed by atoms with Gasteiger partial charge in [0.1, 0.15) is 29.7 Å². The van der Waals surface area contributed by atoms with E-state index >= 15 is 0 Å². The summed E-state index contributed by atoms with van der Waals surface area (Å²) < 4.78 is 18.2. The van der Waals surface area contributed by atoms with E-state index in [0.29, 0.717) is 43.9 Å². The van der Waals surface area contributed by atoms with Crippen molar-refractivity contribution in [1.82, 2.24) is 0 Å². The van der Waals surface area contributed by atoms with Crippen LogP contribution >= 0.6 is 39.1 Å². The molecule has 6 nitrogen and oxygen atoms in total. The molecule has 0 saturated carbocycles. The minimum atomic E-state index is -0.524. The number of phenolic OH excluding ortho intramolecular Hbond substituents is 1. The first-order valence-electron chi connectivity index (χ1n) is 10.3. The first kappa shape index (κ1) is 24.1. The average Bonchev–Trinajstić information content (AvgIpc) is 2.78. The summed E-state index contributed by atoms with van der Waals surface area (Å²) in [7, 11) is 0. The van der Waals surface area contributed by atoms with Crippen LogP contribution < -0.4 is 19.9 Å². The van der Waals surface area contributed by atoms with E-state index in [9.17, 15) is 10.4 Å². The molecular formula is C25H19BrCl2N2O4. The number of aromatic hydroxyl groups is 1. The highest BCUT2D eigenvalue weighted by Gasteiger charge is 2.32. The maximum Gasteiger partial charge on any atom is 0.205 e. The Kier molecular flexibility index (Phi) is 7.13. The number of fused-ring (bicyclic) bond motifs is 1. The summed E-state index contributed by atoms with van der Waals surface area (Å²) in [5, 5.41) is 20.7. The third-order valence-electron chi connectivity index (χ3n) is 5.25. The minimum absolute atomic E-state index is 0.0163. The molecular weight excluding hydrogens is 543 g/mol. The maximum atomic E-state index is 9.87. The molecule has 174 valence electrons. The van der Waals surface area contributed by atoms with E-state index in [1.807, 2.05) is 19.1 Å². The molecule has 3 aromatic carbocycles. The fourth-order valence-corrected chi connectivity index (χ4v) is 4.77. The van der Waals surface area contributed by atoms with Crippen molar-refractivity contribution in [2.75, 3.05) is 6.61 Å². The topological polar surface area (TPSA) is 97.7 Å². The second-order valence-corrected chi connectivity index (χ2v) is 9.13. The van der Waals surface area contributed by atoms with Gasteiger partial charge in [-0.05, 0) is 58.7 Å². The van der Waals surface area contributed by atoms with Crippen LogP contribution in [0.1, 0.15) is 29.5 Å². The smallest absolute Gasteiger partial charge is 0.205 e. The Balaban J connectivity index is 1.76. The summed E-state index contributed by atoms with van der Waals surface area (Å²) in [5.41, 5.74) is 8.51. The van der Waals surface area contributed by atoms with Crippen LogP contribution in [0.3, 0.4) is 0 Å². The molecule has 0 radical (unpaired) electrons. The van der Waals surface area contributed by atoms with Gasteiger partial charge in [0.25, 0.3) is 0 Å². The van der Waals surface area contributed by atoms with Crippen LogP contribution in [0.15, 0.2) is 64.5 Å². The minimum Gasteiger partial charge on any atom is -0.508 e. The number of allylic oxidation sites excluding steroid dienone is 1. The lowest BCUT2D eigenvalue weighted by Gasteiger charge is -2.27. The van der Waals surface area contributed by atoms with Gasteiger partial charge in [-0.3, -0.25) is 0 Å². The molecule has 1 aliphatic heterocycles. The second kappa shape index (κ2) is 10.1. The fraction of sp³-hybridized carbons (Fsp3) is 0.160. The Hall–Kier alpha value is -3.05. The van der Waals surface area contributed by atoms with Crippen molar-refractivity contribution in [2.45, 2.75) is 19.4 Å². The van der Waals surface area contributed by atoms with Crippen molar-refractivity contribution in [1.29, 1.82) is 5.26 Å². The summed E-state index contributed by atoms with van der Waals surface area (Å²) in [4.78, 5) is 0. The van der Waals surface area contributed by atoms with Gasteiger partial charge in [-0.15, -0.1) is 0 Å². The van der Waals surface area contributed by atoms with Crippen molar-refractivity contribution >= 4 is 39.1 Å². The Labute approximate surface area is 215 Å². The highest BCUT2D eigenvalue weighted by Crippen LogP contribution is 2.47. The summed E-state index contributed by atoms with van der Waals surface area (Å²) in [6.07, 6.45) is 0. The number of benzene rings is 3. The zero-order chi connectivity index (χ0) is 24.4. The van der Waals surface area contributed by atoms with Crippen molar-refractivity contribution in [3.8, 4) is 29.1 Å². The van der Waals surface area contributed by atoms with Crippen molar-refractivity contribution in [2.24, 2.45) is 5.73 Å². The summed E-state index contributed by atoms with van der Waals surface area (Å²) in [5.74, 6) is 0.853. The molecule has 3 N–H and O–H groups in total. The summed E-state index contributed by atoms with van der Waals surface area (Å²) >= 11 is 15.9. The zero-order valence-corrected chi connectivity index (χ0v) is 21.0. The summed E-state index contributed by atoms with van der Waals surface area (Å²) in [6.45, 7) is 2.46. The highest BCUT2D eigenvalue weighted by molar-refractivity contribution is 9.10. The number of hydrogen-bond acceptors (Lipinski definition) is 6. The second-order valence-electron chi connectivity index (χ2n) is 7.43. The molecule has 0 saturated heterocycles. The number of nitrogens with two attached hydrogens (primary N) is 1. The third kappa shape index (κ3) is 4.76. The summed E-state index contributed by atoms with van der Waals surface area (Å²) in [6, 6.07) is 15.7. The van der Waals surface area contributed by atoms with Crippen molar-refractivity contribution in [3.05, 3.63) is 91.2 Å². The van der Waals surface area contributed by atoms with Gasteiger partial charge in [0.15, 0.2) is 11.5 Å². The Morgan fingerprint density at radius 3 is 2.65 bits per heavy atom. The molecule has 0 aliphatic carbocycles. The first-order valence-corrected chi connectivity index (χ1v) is 11.8. The van der Waals surface area contributed by atoms with E-state index in [1.165, 1.54) is 12.1 Å². The number of halogens is 3. The molecule has 1 aliphatic rings. The predicted octanol–water partition coefficient (Wildman–Crippen LogP) is 6.66. The van der Waals surface area contributed by atoms with E-state index < -0.39 is 5.92 Å². The molecule has 0 amide bonds. The largest absolute Gasteiger partial charge is 0.508 e. The first-order chi connectivity index (χ1) is 16.3. The molecule has 3 aromatic rings. The van der Waals surface area contributed by atoms with E-state index in [1.54, 1.807) is 24.3 Å². The molecule has 0 bridgehead atoms. The number of nitriles is 1. The number of ether oxygens (including phenoxy) is 3. The number of phenols is 1. The molecule has 34 heavy (non-hydrogen) atoms. The number of hydrogen-bond donors (Lipinski definition) is 2. The van der Waals surface area contributed by atoms with Gasteiger partial charge in [0.2, 0.25) is 5.88 Å². The fourth-order valence-electron chi connectivity index (χ4n) is 3.73. The van der Waals surface area contributed by atoms with Crippen LogP contribution in [0.5, 0.6) is 23.0 Å². The van der Waals surface area contributed by atoms with Crippen LogP contribution in [0.4, 0.5) is 0 Å². The SMILES string of the molecule is CCOc1cc([C@@H]2C(C#N)=C(N)Oc3cc(O)ccc32)cc(Br)c1OCc1ccc(Cl)cc1Cl. The molecule has 9 heteroatoms. The molecule has 1 atom stereocenters. The molecule has 1 heterocycles. The maximum absolute atomic E-state index is 9.87. The number of nitrogens with zero attached hydrogens (tertiary/aromatic N) is 1. The van der Waals surface area contributed by atoms with Crippen molar-refractivity contribution < 1.29 is 19.3 Å². The third-order valence-corrected chi connectivity index (χ3v) is 6.43. The van der Waals surface area contributed by atoms with Gasteiger partial charge < -0.3 is 25.1 Å². The highest BCUT2D eigenvalue weighted by atomic mass is 79.9. The van der Waals surface area contributed by atoms with Gasteiger partial charge in [-0.25, -0.2) is 0 Å². The van der Waals surface area contributed by atoms with Gasteiger partial charge in [-0.1, -0.05) is 35.3 Å². The monoisotopic (exact) mass is 560 g/mol. The molecule has 0 spiro atoms. The van der Waals surface area contributed by atoms with Gasteiger partial charge >= 0.3 is 0 Å². The zero-order valence-electron chi connectivity index (χ0n) is 17.9.